The minimum Gasteiger partial charge on any atom is -0.372 e. The van der Waals surface area contributed by atoms with Crippen LogP contribution in [0, 0.1) is 29.2 Å². The molecule has 3 aromatic rings. The second-order valence-electron chi connectivity index (χ2n) is 9.77. The molecule has 9 nitrogen and oxygen atoms in total. The molecule has 1 unspecified atom stereocenters. The van der Waals surface area contributed by atoms with E-state index in [0.717, 1.165) is 29.2 Å². The first kappa shape index (κ1) is 26.8. The Labute approximate surface area is 220 Å². The summed E-state index contributed by atoms with van der Waals surface area (Å²) < 4.78 is 61.1. The lowest BCUT2D eigenvalue weighted by atomic mass is 9.89. The van der Waals surface area contributed by atoms with E-state index < -0.39 is 53.3 Å². The summed E-state index contributed by atoms with van der Waals surface area (Å²) in [6.07, 6.45) is 0.889. The first-order chi connectivity index (χ1) is 18.6. The SMILES string of the molecule is C[C@H]1C[C@@H](n2ncc(N3CCC(O)(C(=O)NCc4cccc(F)c4F)C3=O)n2)CO[C@@H]1c1cc(F)ccc1F. The number of hydrogen-bond acceptors (Lipinski definition) is 6. The van der Waals surface area contributed by atoms with Gasteiger partial charge in [0.05, 0.1) is 24.9 Å². The van der Waals surface area contributed by atoms with Crippen LogP contribution >= 0.6 is 0 Å². The van der Waals surface area contributed by atoms with Gasteiger partial charge in [-0.05, 0) is 36.6 Å². The molecule has 0 spiro atoms. The van der Waals surface area contributed by atoms with Crippen LogP contribution in [0.4, 0.5) is 23.4 Å². The Kier molecular flexibility index (Phi) is 7.12. The van der Waals surface area contributed by atoms with Gasteiger partial charge in [-0.2, -0.15) is 9.90 Å². The lowest BCUT2D eigenvalue weighted by Crippen LogP contribution is -2.52. The van der Waals surface area contributed by atoms with E-state index in [1.807, 2.05) is 6.92 Å². The largest absolute Gasteiger partial charge is 0.372 e. The standard InChI is InChI=1S/C26H25F4N5O4/c1-14-9-17(13-39-23(14)18-10-16(27)5-6-19(18)28)35-32-12-21(33-35)34-8-7-26(38,25(34)37)24(36)31-11-15-3-2-4-20(29)22(15)30/h2-6,10,12,14,17,23,38H,7-9,11,13H2,1H3,(H,31,36)/t14-,17+,23-,26?/m0/s1. The average Bonchev–Trinajstić information content (AvgIpc) is 3.51. The van der Waals surface area contributed by atoms with Gasteiger partial charge in [0.25, 0.3) is 11.8 Å². The molecule has 2 aliphatic heterocycles. The van der Waals surface area contributed by atoms with E-state index in [1.165, 1.54) is 23.1 Å². The molecule has 0 aliphatic carbocycles. The highest BCUT2D eigenvalue weighted by molar-refractivity contribution is 6.16. The number of carbonyl (C=O) groups excluding carboxylic acids is 2. The van der Waals surface area contributed by atoms with Crippen LogP contribution in [0.2, 0.25) is 0 Å². The molecule has 0 saturated carbocycles. The molecule has 206 valence electrons. The minimum atomic E-state index is -2.42. The van der Waals surface area contributed by atoms with Crippen LogP contribution in [0.3, 0.4) is 0 Å². The molecule has 2 fully saturated rings. The predicted molar refractivity (Wildman–Crippen MR) is 128 cm³/mol. The lowest BCUT2D eigenvalue weighted by Gasteiger charge is -2.34. The van der Waals surface area contributed by atoms with Crippen molar-refractivity contribution in [3.8, 4) is 0 Å². The van der Waals surface area contributed by atoms with Gasteiger partial charge < -0.3 is 15.2 Å². The molecular weight excluding hydrogens is 522 g/mol. The molecule has 2 N–H and O–H groups in total. The van der Waals surface area contributed by atoms with Crippen molar-refractivity contribution in [2.75, 3.05) is 18.1 Å². The van der Waals surface area contributed by atoms with E-state index in [4.69, 9.17) is 4.74 Å². The molecule has 2 aromatic carbocycles. The molecule has 5 rings (SSSR count). The van der Waals surface area contributed by atoms with Crippen molar-refractivity contribution in [3.63, 3.8) is 0 Å². The number of aliphatic hydroxyl groups is 1. The van der Waals surface area contributed by atoms with Crippen LogP contribution in [0.1, 0.15) is 43.0 Å². The maximum atomic E-state index is 14.3. The number of nitrogens with zero attached hydrogens (tertiary/aromatic N) is 4. The second kappa shape index (κ2) is 10.4. The summed E-state index contributed by atoms with van der Waals surface area (Å²) >= 11 is 0. The van der Waals surface area contributed by atoms with Gasteiger partial charge in [0.15, 0.2) is 17.5 Å². The maximum absolute atomic E-state index is 14.3. The predicted octanol–water partition coefficient (Wildman–Crippen LogP) is 2.96. The monoisotopic (exact) mass is 547 g/mol. The fraction of sp³-hybridized carbons (Fsp3) is 0.385. The van der Waals surface area contributed by atoms with Crippen LogP contribution in [0.15, 0.2) is 42.6 Å². The number of hydrogen-bond donors (Lipinski definition) is 2. The minimum absolute atomic E-state index is 0.0335. The normalized spacial score (nSPS) is 25.2. The van der Waals surface area contributed by atoms with E-state index in [2.05, 4.69) is 15.5 Å². The quantitative estimate of drug-likeness (QED) is 0.363. The maximum Gasteiger partial charge on any atom is 0.270 e. The topological polar surface area (TPSA) is 110 Å². The molecule has 4 atom stereocenters. The third kappa shape index (κ3) is 4.99. The molecular formula is C26H25F4N5O4. The Morgan fingerprint density at radius 2 is 2.00 bits per heavy atom. The van der Waals surface area contributed by atoms with Crippen LogP contribution < -0.4 is 10.2 Å². The van der Waals surface area contributed by atoms with Crippen molar-refractivity contribution in [1.82, 2.24) is 20.3 Å². The Morgan fingerprint density at radius 1 is 1.21 bits per heavy atom. The van der Waals surface area contributed by atoms with Crippen molar-refractivity contribution >= 4 is 17.6 Å². The van der Waals surface area contributed by atoms with E-state index in [9.17, 15) is 32.3 Å². The average molecular weight is 548 g/mol. The molecule has 2 saturated heterocycles. The number of aromatic nitrogens is 3. The smallest absolute Gasteiger partial charge is 0.270 e. The van der Waals surface area contributed by atoms with Gasteiger partial charge in [-0.1, -0.05) is 19.1 Å². The van der Waals surface area contributed by atoms with Gasteiger partial charge >= 0.3 is 0 Å². The van der Waals surface area contributed by atoms with Crippen LogP contribution in [-0.2, 0) is 20.9 Å². The number of amides is 2. The fourth-order valence-electron chi connectivity index (χ4n) is 5.00. The Hall–Kier alpha value is -3.84. The number of benzene rings is 2. The first-order valence-electron chi connectivity index (χ1n) is 12.3. The van der Waals surface area contributed by atoms with E-state index in [1.54, 1.807) is 0 Å². The second-order valence-corrected chi connectivity index (χ2v) is 9.77. The van der Waals surface area contributed by atoms with Crippen molar-refractivity contribution in [1.29, 1.82) is 0 Å². The summed E-state index contributed by atoms with van der Waals surface area (Å²) in [5.74, 6) is -5.41. The Bertz CT molecular complexity index is 1420. The molecule has 0 radical (unpaired) electrons. The van der Waals surface area contributed by atoms with Gasteiger partial charge in [0.2, 0.25) is 5.60 Å². The van der Waals surface area contributed by atoms with Crippen LogP contribution in [-0.4, -0.2) is 50.7 Å². The zero-order chi connectivity index (χ0) is 27.9. The summed E-state index contributed by atoms with van der Waals surface area (Å²) in [6, 6.07) is 6.34. The van der Waals surface area contributed by atoms with Gasteiger partial charge in [0.1, 0.15) is 11.6 Å². The number of ether oxygens (including phenoxy) is 1. The highest BCUT2D eigenvalue weighted by atomic mass is 19.2. The number of rotatable bonds is 6. The number of carbonyl (C=O) groups is 2. The number of halogens is 4. The van der Waals surface area contributed by atoms with E-state index in [0.29, 0.717) is 6.42 Å². The van der Waals surface area contributed by atoms with Gasteiger partial charge in [-0.3, -0.25) is 14.5 Å². The summed E-state index contributed by atoms with van der Waals surface area (Å²) in [4.78, 5) is 28.1. The van der Waals surface area contributed by atoms with Crippen molar-refractivity contribution in [2.24, 2.45) is 5.92 Å². The van der Waals surface area contributed by atoms with Crippen LogP contribution in [0.5, 0.6) is 0 Å². The van der Waals surface area contributed by atoms with Gasteiger partial charge in [-0.25, -0.2) is 17.6 Å². The third-order valence-electron chi connectivity index (χ3n) is 7.14. The van der Waals surface area contributed by atoms with Crippen molar-refractivity contribution < 1.29 is 37.0 Å². The Morgan fingerprint density at radius 3 is 2.77 bits per heavy atom. The van der Waals surface area contributed by atoms with Gasteiger partial charge in [0, 0.05) is 30.6 Å². The summed E-state index contributed by atoms with van der Waals surface area (Å²) in [5.41, 5.74) is -2.42. The number of anilines is 1. The lowest BCUT2D eigenvalue weighted by molar-refractivity contribution is -0.149. The summed E-state index contributed by atoms with van der Waals surface area (Å²) in [6.45, 7) is 1.49. The van der Waals surface area contributed by atoms with Crippen molar-refractivity contribution in [3.05, 3.63) is 77.0 Å². The molecule has 13 heteroatoms. The Balaban J connectivity index is 1.23. The molecule has 3 heterocycles. The van der Waals surface area contributed by atoms with Gasteiger partial charge in [-0.15, -0.1) is 5.10 Å². The summed E-state index contributed by atoms with van der Waals surface area (Å²) in [5, 5.41) is 21.7. The van der Waals surface area contributed by atoms with Crippen LogP contribution in [0.25, 0.3) is 0 Å². The highest BCUT2D eigenvalue weighted by Crippen LogP contribution is 2.38. The van der Waals surface area contributed by atoms with E-state index >= 15 is 0 Å². The van der Waals surface area contributed by atoms with Crippen molar-refractivity contribution in [2.45, 2.75) is 44.1 Å². The fourth-order valence-corrected chi connectivity index (χ4v) is 5.00. The molecule has 0 bridgehead atoms. The third-order valence-corrected chi connectivity index (χ3v) is 7.14. The molecule has 2 aliphatic rings. The molecule has 39 heavy (non-hydrogen) atoms. The molecule has 2 amide bonds. The zero-order valence-electron chi connectivity index (χ0n) is 20.8. The summed E-state index contributed by atoms with van der Waals surface area (Å²) in [7, 11) is 0. The van der Waals surface area contributed by atoms with E-state index in [-0.39, 0.29) is 48.5 Å². The zero-order valence-corrected chi connectivity index (χ0v) is 20.8. The number of nitrogens with one attached hydrogen (secondary N) is 1. The molecule has 1 aromatic heterocycles. The first-order valence-corrected chi connectivity index (χ1v) is 12.3. The highest BCUT2D eigenvalue weighted by Gasteiger charge is 2.52.